The average molecular weight is 405 g/mol. The van der Waals surface area contributed by atoms with Crippen molar-refractivity contribution in [3.05, 3.63) is 101 Å². The van der Waals surface area contributed by atoms with Gasteiger partial charge in [0.2, 0.25) is 0 Å². The Bertz CT molecular complexity index is 975. The molecule has 4 nitrogen and oxygen atoms in total. The maximum Gasteiger partial charge on any atom is 0.342 e. The third kappa shape index (κ3) is 5.57. The van der Waals surface area contributed by atoms with Gasteiger partial charge in [0.25, 0.3) is 0 Å². The molecule has 2 rings (SSSR count). The Labute approximate surface area is 178 Å². The van der Waals surface area contributed by atoms with E-state index in [9.17, 15) is 9.59 Å². The lowest BCUT2D eigenvalue weighted by atomic mass is 9.78. The van der Waals surface area contributed by atoms with Crippen LogP contribution in [0.3, 0.4) is 0 Å². The predicted octanol–water partition coefficient (Wildman–Crippen LogP) is 5.46. The minimum atomic E-state index is -0.586. The highest BCUT2D eigenvalue weighted by Crippen LogP contribution is 2.32. The normalized spacial score (nSPS) is 12.0. The second kappa shape index (κ2) is 9.88. The minimum absolute atomic E-state index is 0.127. The summed E-state index contributed by atoms with van der Waals surface area (Å²) in [6.45, 7) is 11.8. The van der Waals surface area contributed by atoms with Gasteiger partial charge in [0.15, 0.2) is 0 Å². The van der Waals surface area contributed by atoms with Gasteiger partial charge in [-0.1, -0.05) is 68.5 Å². The molecule has 156 valence electrons. The van der Waals surface area contributed by atoms with Crippen molar-refractivity contribution in [1.82, 2.24) is 0 Å². The molecule has 0 aliphatic carbocycles. The largest absolute Gasteiger partial charge is 0.465 e. The first-order valence-corrected chi connectivity index (χ1v) is 9.70. The number of allylic oxidation sites excluding steroid dienone is 1. The highest BCUT2D eigenvalue weighted by molar-refractivity contribution is 5.95. The molecule has 0 amide bonds. The van der Waals surface area contributed by atoms with Crippen molar-refractivity contribution in [2.24, 2.45) is 0 Å². The molecule has 0 spiro atoms. The van der Waals surface area contributed by atoms with Gasteiger partial charge in [-0.15, -0.1) is 0 Å². The third-order valence-electron chi connectivity index (χ3n) is 5.02. The number of ether oxygens (including phenoxy) is 2. The highest BCUT2D eigenvalue weighted by Gasteiger charge is 2.23. The zero-order valence-electron chi connectivity index (χ0n) is 18.2. The molecule has 2 aromatic carbocycles. The van der Waals surface area contributed by atoms with Gasteiger partial charge in [0.05, 0.1) is 18.3 Å². The maximum atomic E-state index is 12.3. The van der Waals surface area contributed by atoms with Crippen molar-refractivity contribution in [1.29, 1.82) is 0 Å². The van der Waals surface area contributed by atoms with Gasteiger partial charge in [0.1, 0.15) is 5.75 Å². The van der Waals surface area contributed by atoms with Crippen LogP contribution in [0.4, 0.5) is 0 Å². The van der Waals surface area contributed by atoms with E-state index in [-0.39, 0.29) is 11.0 Å². The standard InChI is InChI=1S/C26H28O4/c1-7-20(25(28)29-6)11-10-19(3)24(27)30-23-16-14-22(15-17-23)26(4,5)21-12-8-18(2)9-13-21/h7-17H,3H2,1-2,4-6H3/b11-10-,20-7+. The van der Waals surface area contributed by atoms with E-state index in [1.165, 1.54) is 30.4 Å². The zero-order valence-corrected chi connectivity index (χ0v) is 18.2. The summed E-state index contributed by atoms with van der Waals surface area (Å²) in [5.74, 6) is -0.643. The molecule has 0 heterocycles. The highest BCUT2D eigenvalue weighted by atomic mass is 16.5. The van der Waals surface area contributed by atoms with Gasteiger partial charge < -0.3 is 9.47 Å². The summed E-state index contributed by atoms with van der Waals surface area (Å²) in [7, 11) is 1.30. The number of hydrogen-bond acceptors (Lipinski definition) is 4. The first-order valence-electron chi connectivity index (χ1n) is 9.70. The lowest BCUT2D eigenvalue weighted by Crippen LogP contribution is -2.18. The zero-order chi connectivity index (χ0) is 22.3. The molecule has 0 unspecified atom stereocenters. The molecule has 0 saturated carbocycles. The van der Waals surface area contributed by atoms with Crippen LogP contribution in [0.1, 0.15) is 37.5 Å². The van der Waals surface area contributed by atoms with Crippen LogP contribution in [-0.2, 0) is 19.7 Å². The summed E-state index contributed by atoms with van der Waals surface area (Å²) >= 11 is 0. The Morgan fingerprint density at radius 1 is 0.900 bits per heavy atom. The molecule has 0 saturated heterocycles. The van der Waals surface area contributed by atoms with Crippen molar-refractivity contribution in [3.8, 4) is 5.75 Å². The van der Waals surface area contributed by atoms with E-state index < -0.39 is 11.9 Å². The second-order valence-corrected chi connectivity index (χ2v) is 7.50. The summed E-state index contributed by atoms with van der Waals surface area (Å²) in [6.07, 6.45) is 4.50. The fourth-order valence-electron chi connectivity index (χ4n) is 2.91. The number of carbonyl (C=O) groups excluding carboxylic acids is 2. The van der Waals surface area contributed by atoms with Crippen LogP contribution in [-0.4, -0.2) is 19.0 Å². The Morgan fingerprint density at radius 2 is 1.43 bits per heavy atom. The maximum absolute atomic E-state index is 12.3. The van der Waals surface area contributed by atoms with Crippen LogP contribution in [0.25, 0.3) is 0 Å². The van der Waals surface area contributed by atoms with Crippen molar-refractivity contribution < 1.29 is 19.1 Å². The minimum Gasteiger partial charge on any atom is -0.465 e. The number of hydrogen-bond donors (Lipinski definition) is 0. The van der Waals surface area contributed by atoms with Crippen molar-refractivity contribution in [2.45, 2.75) is 33.1 Å². The van der Waals surface area contributed by atoms with Gasteiger partial charge in [0, 0.05) is 5.41 Å². The number of benzene rings is 2. The van der Waals surface area contributed by atoms with E-state index in [2.05, 4.69) is 56.4 Å². The number of rotatable bonds is 7. The summed E-state index contributed by atoms with van der Waals surface area (Å²) in [5, 5.41) is 0. The Balaban J connectivity index is 2.08. The molecule has 2 aromatic rings. The number of esters is 2. The van der Waals surface area contributed by atoms with Crippen LogP contribution in [0.5, 0.6) is 5.75 Å². The van der Waals surface area contributed by atoms with Gasteiger partial charge >= 0.3 is 11.9 Å². The molecule has 30 heavy (non-hydrogen) atoms. The van der Waals surface area contributed by atoms with Gasteiger partial charge in [-0.25, -0.2) is 9.59 Å². The molecule has 4 heteroatoms. The number of carbonyl (C=O) groups is 2. The van der Waals surface area contributed by atoms with Gasteiger partial charge in [-0.05, 0) is 49.3 Å². The monoisotopic (exact) mass is 404 g/mol. The first kappa shape index (κ1) is 22.9. The molecule has 0 fully saturated rings. The first-order chi connectivity index (χ1) is 14.2. The predicted molar refractivity (Wildman–Crippen MR) is 119 cm³/mol. The molecule has 0 atom stereocenters. The Morgan fingerprint density at radius 3 is 1.93 bits per heavy atom. The van der Waals surface area contributed by atoms with E-state index in [1.807, 2.05) is 12.1 Å². The second-order valence-electron chi connectivity index (χ2n) is 7.50. The van der Waals surface area contributed by atoms with Crippen molar-refractivity contribution in [2.75, 3.05) is 7.11 Å². The van der Waals surface area contributed by atoms with Crippen molar-refractivity contribution >= 4 is 11.9 Å². The number of methoxy groups -OCH3 is 1. The quantitative estimate of drug-likeness (QED) is 0.266. The van der Waals surface area contributed by atoms with Crippen LogP contribution in [0.15, 0.2) is 84.5 Å². The fourth-order valence-corrected chi connectivity index (χ4v) is 2.91. The van der Waals surface area contributed by atoms with Gasteiger partial charge in [-0.2, -0.15) is 0 Å². The molecule has 0 radical (unpaired) electrons. The molecule has 0 aliphatic heterocycles. The molecular weight excluding hydrogens is 376 g/mol. The fraction of sp³-hybridized carbons (Fsp3) is 0.231. The van der Waals surface area contributed by atoms with Gasteiger partial charge in [-0.3, -0.25) is 0 Å². The van der Waals surface area contributed by atoms with E-state index in [1.54, 1.807) is 25.1 Å². The molecule has 0 N–H and O–H groups in total. The molecule has 0 aliphatic rings. The molecular formula is C26H28O4. The summed E-state index contributed by atoms with van der Waals surface area (Å²) in [5.41, 5.74) is 3.82. The van der Waals surface area contributed by atoms with Crippen LogP contribution in [0, 0.1) is 6.92 Å². The number of aryl methyl sites for hydroxylation is 1. The molecule has 0 aromatic heterocycles. The average Bonchev–Trinajstić information content (AvgIpc) is 2.74. The van der Waals surface area contributed by atoms with E-state index in [0.717, 1.165) is 5.56 Å². The Hall–Kier alpha value is -3.40. The topological polar surface area (TPSA) is 52.6 Å². The van der Waals surface area contributed by atoms with Crippen LogP contribution in [0.2, 0.25) is 0 Å². The SMILES string of the molecule is C=C(/C=C\C(=C/C)C(=O)OC)C(=O)Oc1ccc(C(C)(C)c2ccc(C)cc2)cc1. The van der Waals surface area contributed by atoms with Crippen LogP contribution < -0.4 is 4.74 Å². The lowest BCUT2D eigenvalue weighted by Gasteiger charge is -2.26. The van der Waals surface area contributed by atoms with Crippen LogP contribution >= 0.6 is 0 Å². The summed E-state index contributed by atoms with van der Waals surface area (Å²) in [6, 6.07) is 15.9. The summed E-state index contributed by atoms with van der Waals surface area (Å²) < 4.78 is 10.1. The Kier molecular flexibility index (Phi) is 7.54. The summed E-state index contributed by atoms with van der Waals surface area (Å²) in [4.78, 5) is 23.8. The molecule has 0 bridgehead atoms. The van der Waals surface area contributed by atoms with E-state index in [4.69, 9.17) is 4.74 Å². The smallest absolute Gasteiger partial charge is 0.342 e. The third-order valence-corrected chi connectivity index (χ3v) is 5.02. The van der Waals surface area contributed by atoms with Crippen molar-refractivity contribution in [3.63, 3.8) is 0 Å². The van der Waals surface area contributed by atoms with E-state index in [0.29, 0.717) is 11.3 Å². The lowest BCUT2D eigenvalue weighted by molar-refractivity contribution is -0.135. The van der Waals surface area contributed by atoms with E-state index >= 15 is 0 Å².